The summed E-state index contributed by atoms with van der Waals surface area (Å²) in [6.07, 6.45) is 5.50. The SMILES string of the molecule is O=C(O)CCCCCCN=Cc1ccc(C(=O)O)cc1. The number of benzene rings is 1. The first kappa shape index (κ1) is 15.9. The number of carbonyl (C=O) groups is 2. The van der Waals surface area contributed by atoms with Crippen LogP contribution in [0.1, 0.15) is 48.0 Å². The van der Waals surface area contributed by atoms with Crippen LogP contribution in [0.25, 0.3) is 0 Å². The number of unbranched alkanes of at least 4 members (excludes halogenated alkanes) is 3. The molecule has 0 bridgehead atoms. The van der Waals surface area contributed by atoms with E-state index in [2.05, 4.69) is 4.99 Å². The summed E-state index contributed by atoms with van der Waals surface area (Å²) in [4.78, 5) is 25.2. The van der Waals surface area contributed by atoms with Crippen molar-refractivity contribution in [2.24, 2.45) is 4.99 Å². The van der Waals surface area contributed by atoms with E-state index in [-0.39, 0.29) is 12.0 Å². The van der Waals surface area contributed by atoms with Gasteiger partial charge in [-0.1, -0.05) is 25.0 Å². The number of carboxylic acids is 2. The molecule has 0 saturated heterocycles. The molecule has 0 amide bonds. The third-order valence-electron chi connectivity index (χ3n) is 2.83. The molecule has 0 aliphatic carbocycles. The van der Waals surface area contributed by atoms with E-state index in [0.29, 0.717) is 6.54 Å². The Kier molecular flexibility index (Phi) is 7.03. The van der Waals surface area contributed by atoms with Crippen LogP contribution in [-0.4, -0.2) is 34.9 Å². The second-order valence-corrected chi connectivity index (χ2v) is 4.52. The minimum absolute atomic E-state index is 0.235. The van der Waals surface area contributed by atoms with E-state index >= 15 is 0 Å². The maximum absolute atomic E-state index is 10.7. The molecule has 0 spiro atoms. The molecule has 0 saturated carbocycles. The van der Waals surface area contributed by atoms with Gasteiger partial charge in [0.2, 0.25) is 0 Å². The standard InChI is InChI=1S/C15H19NO4/c17-14(18)5-3-1-2-4-10-16-11-12-6-8-13(9-7-12)15(19)20/h6-9,11H,1-5,10H2,(H,17,18)(H,19,20). The molecule has 0 radical (unpaired) electrons. The maximum Gasteiger partial charge on any atom is 0.335 e. The van der Waals surface area contributed by atoms with Crippen LogP contribution in [0.5, 0.6) is 0 Å². The van der Waals surface area contributed by atoms with Crippen molar-refractivity contribution in [3.05, 3.63) is 35.4 Å². The molecule has 1 aromatic rings. The topological polar surface area (TPSA) is 87.0 Å². The quantitative estimate of drug-likeness (QED) is 0.536. The Bertz CT molecular complexity index is 465. The molecule has 0 fully saturated rings. The van der Waals surface area contributed by atoms with Crippen molar-refractivity contribution >= 4 is 18.2 Å². The first-order valence-corrected chi connectivity index (χ1v) is 6.64. The predicted molar refractivity (Wildman–Crippen MR) is 76.6 cm³/mol. The first-order valence-electron chi connectivity index (χ1n) is 6.64. The summed E-state index contributed by atoms with van der Waals surface area (Å²) in [6.45, 7) is 0.702. The van der Waals surface area contributed by atoms with Gasteiger partial charge in [0.25, 0.3) is 0 Å². The molecular formula is C15H19NO4. The van der Waals surface area contributed by atoms with Gasteiger partial charge in [-0.25, -0.2) is 4.79 Å². The van der Waals surface area contributed by atoms with Crippen LogP contribution in [0.2, 0.25) is 0 Å². The fourth-order valence-corrected chi connectivity index (χ4v) is 1.71. The average Bonchev–Trinajstić information content (AvgIpc) is 2.42. The van der Waals surface area contributed by atoms with E-state index in [1.807, 2.05) is 0 Å². The fourth-order valence-electron chi connectivity index (χ4n) is 1.71. The van der Waals surface area contributed by atoms with E-state index in [0.717, 1.165) is 31.2 Å². The van der Waals surface area contributed by atoms with Crippen molar-refractivity contribution in [1.29, 1.82) is 0 Å². The van der Waals surface area contributed by atoms with Crippen molar-refractivity contribution in [3.8, 4) is 0 Å². The summed E-state index contributed by atoms with van der Waals surface area (Å²) in [5.41, 5.74) is 1.14. The van der Waals surface area contributed by atoms with Gasteiger partial charge in [0.05, 0.1) is 5.56 Å². The zero-order valence-corrected chi connectivity index (χ0v) is 11.3. The van der Waals surface area contributed by atoms with Crippen molar-refractivity contribution in [2.45, 2.75) is 32.1 Å². The van der Waals surface area contributed by atoms with Crippen LogP contribution < -0.4 is 0 Å². The van der Waals surface area contributed by atoms with E-state index in [9.17, 15) is 9.59 Å². The van der Waals surface area contributed by atoms with Gasteiger partial charge in [0, 0.05) is 19.2 Å². The Morgan fingerprint density at radius 3 is 2.25 bits per heavy atom. The summed E-state index contributed by atoms with van der Waals surface area (Å²) in [5.74, 6) is -1.68. The summed E-state index contributed by atoms with van der Waals surface area (Å²) < 4.78 is 0. The Labute approximate surface area is 118 Å². The third kappa shape index (κ3) is 6.68. The molecule has 0 aliphatic rings. The van der Waals surface area contributed by atoms with Crippen molar-refractivity contribution in [3.63, 3.8) is 0 Å². The number of aliphatic imine (C=N–C) groups is 1. The smallest absolute Gasteiger partial charge is 0.335 e. The molecule has 0 unspecified atom stereocenters. The number of hydrogen-bond donors (Lipinski definition) is 2. The highest BCUT2D eigenvalue weighted by Crippen LogP contribution is 2.04. The second kappa shape index (κ2) is 8.85. The summed E-state index contributed by atoms with van der Waals surface area (Å²) in [6, 6.07) is 6.55. The van der Waals surface area contributed by atoms with Gasteiger partial charge in [0.15, 0.2) is 0 Å². The van der Waals surface area contributed by atoms with Crippen LogP contribution in [-0.2, 0) is 4.79 Å². The molecule has 0 atom stereocenters. The van der Waals surface area contributed by atoms with Gasteiger partial charge in [0.1, 0.15) is 0 Å². The van der Waals surface area contributed by atoms with E-state index in [4.69, 9.17) is 10.2 Å². The van der Waals surface area contributed by atoms with Crippen molar-refractivity contribution < 1.29 is 19.8 Å². The Morgan fingerprint density at radius 1 is 1.00 bits per heavy atom. The maximum atomic E-state index is 10.7. The Hall–Kier alpha value is -2.17. The van der Waals surface area contributed by atoms with Crippen LogP contribution >= 0.6 is 0 Å². The van der Waals surface area contributed by atoms with Crippen LogP contribution in [0.15, 0.2) is 29.3 Å². The normalized spacial score (nSPS) is 10.8. The van der Waals surface area contributed by atoms with E-state index in [1.54, 1.807) is 30.5 Å². The van der Waals surface area contributed by atoms with Crippen molar-refractivity contribution in [1.82, 2.24) is 0 Å². The molecule has 108 valence electrons. The number of rotatable bonds is 9. The van der Waals surface area contributed by atoms with Gasteiger partial charge in [-0.15, -0.1) is 0 Å². The van der Waals surface area contributed by atoms with Gasteiger partial charge in [-0.05, 0) is 30.5 Å². The number of nitrogens with zero attached hydrogens (tertiary/aromatic N) is 1. The molecule has 5 heteroatoms. The monoisotopic (exact) mass is 277 g/mol. The minimum Gasteiger partial charge on any atom is -0.481 e. The van der Waals surface area contributed by atoms with Gasteiger partial charge in [-0.3, -0.25) is 9.79 Å². The Balaban J connectivity index is 2.18. The highest BCUT2D eigenvalue weighted by atomic mass is 16.4. The zero-order chi connectivity index (χ0) is 14.8. The van der Waals surface area contributed by atoms with E-state index < -0.39 is 11.9 Å². The van der Waals surface area contributed by atoms with Crippen molar-refractivity contribution in [2.75, 3.05) is 6.54 Å². The predicted octanol–water partition coefficient (Wildman–Crippen LogP) is 2.84. The number of aromatic carboxylic acids is 1. The number of carboxylic acid groups (broad SMARTS) is 2. The lowest BCUT2D eigenvalue weighted by Crippen LogP contribution is -1.96. The molecule has 0 aliphatic heterocycles. The molecule has 5 nitrogen and oxygen atoms in total. The summed E-state index contributed by atoms with van der Waals surface area (Å²) in [5, 5.41) is 17.2. The molecular weight excluding hydrogens is 258 g/mol. The summed E-state index contributed by atoms with van der Waals surface area (Å²) >= 11 is 0. The molecule has 0 heterocycles. The first-order chi connectivity index (χ1) is 9.59. The summed E-state index contributed by atoms with van der Waals surface area (Å²) in [7, 11) is 0. The van der Waals surface area contributed by atoms with Crippen LogP contribution in [0.4, 0.5) is 0 Å². The van der Waals surface area contributed by atoms with E-state index in [1.165, 1.54) is 0 Å². The molecule has 1 rings (SSSR count). The lowest BCUT2D eigenvalue weighted by molar-refractivity contribution is -0.137. The molecule has 2 N–H and O–H groups in total. The number of hydrogen-bond acceptors (Lipinski definition) is 3. The largest absolute Gasteiger partial charge is 0.481 e. The third-order valence-corrected chi connectivity index (χ3v) is 2.83. The lowest BCUT2D eigenvalue weighted by atomic mass is 10.1. The molecule has 1 aromatic carbocycles. The average molecular weight is 277 g/mol. The lowest BCUT2D eigenvalue weighted by Gasteiger charge is -1.98. The highest BCUT2D eigenvalue weighted by molar-refractivity contribution is 5.89. The van der Waals surface area contributed by atoms with Crippen LogP contribution in [0, 0.1) is 0 Å². The second-order valence-electron chi connectivity index (χ2n) is 4.52. The molecule has 0 aromatic heterocycles. The molecule has 20 heavy (non-hydrogen) atoms. The van der Waals surface area contributed by atoms with Gasteiger partial charge in [-0.2, -0.15) is 0 Å². The number of aliphatic carboxylic acids is 1. The highest BCUT2D eigenvalue weighted by Gasteiger charge is 2.00. The van der Waals surface area contributed by atoms with Gasteiger partial charge >= 0.3 is 11.9 Å². The van der Waals surface area contributed by atoms with Crippen LogP contribution in [0.3, 0.4) is 0 Å². The van der Waals surface area contributed by atoms with Gasteiger partial charge < -0.3 is 10.2 Å². The minimum atomic E-state index is -0.935. The fraction of sp³-hybridized carbons (Fsp3) is 0.400. The zero-order valence-electron chi connectivity index (χ0n) is 11.3. The Morgan fingerprint density at radius 2 is 1.65 bits per heavy atom.